The number of rotatable bonds is 5. The van der Waals surface area contributed by atoms with Gasteiger partial charge in [0.2, 0.25) is 0 Å². The van der Waals surface area contributed by atoms with Crippen molar-refractivity contribution in [1.29, 1.82) is 0 Å². The number of methoxy groups -OCH3 is 1. The Bertz CT molecular complexity index is 409. The predicted octanol–water partition coefficient (Wildman–Crippen LogP) is 2.26. The summed E-state index contributed by atoms with van der Waals surface area (Å²) in [5.41, 5.74) is 8.50. The zero-order chi connectivity index (χ0) is 13.2. The highest BCUT2D eigenvalue weighted by molar-refractivity contribution is 5.44. The molecule has 100 valence electrons. The number of aryl methyl sites for hydroxylation is 1. The van der Waals surface area contributed by atoms with E-state index in [4.69, 9.17) is 15.2 Å². The van der Waals surface area contributed by atoms with Gasteiger partial charge < -0.3 is 15.2 Å². The minimum Gasteiger partial charge on any atom is -0.496 e. The van der Waals surface area contributed by atoms with Gasteiger partial charge in [0.1, 0.15) is 5.75 Å². The van der Waals surface area contributed by atoms with Gasteiger partial charge in [0.25, 0.3) is 0 Å². The molecule has 3 nitrogen and oxygen atoms in total. The van der Waals surface area contributed by atoms with Crippen LogP contribution in [0.15, 0.2) is 18.2 Å². The molecule has 2 N–H and O–H groups in total. The Kier molecular flexibility index (Phi) is 3.93. The molecule has 1 aliphatic heterocycles. The van der Waals surface area contributed by atoms with Crippen molar-refractivity contribution in [3.63, 3.8) is 0 Å². The molecule has 1 atom stereocenters. The average molecular weight is 249 g/mol. The molecule has 0 aliphatic carbocycles. The summed E-state index contributed by atoms with van der Waals surface area (Å²) in [4.78, 5) is 0. The third-order valence-corrected chi connectivity index (χ3v) is 4.17. The molecule has 0 aromatic heterocycles. The van der Waals surface area contributed by atoms with Crippen LogP contribution in [0.5, 0.6) is 5.75 Å². The van der Waals surface area contributed by atoms with Crippen molar-refractivity contribution in [2.45, 2.75) is 25.7 Å². The Labute approximate surface area is 109 Å². The first-order valence-corrected chi connectivity index (χ1v) is 6.61. The summed E-state index contributed by atoms with van der Waals surface area (Å²) in [6, 6.07) is 6.35. The van der Waals surface area contributed by atoms with Crippen LogP contribution in [0.1, 0.15) is 24.5 Å². The van der Waals surface area contributed by atoms with Gasteiger partial charge in [0.15, 0.2) is 0 Å². The number of ether oxygens (including phenoxy) is 2. The van der Waals surface area contributed by atoms with Crippen molar-refractivity contribution < 1.29 is 9.47 Å². The molecule has 1 heterocycles. The topological polar surface area (TPSA) is 44.5 Å². The van der Waals surface area contributed by atoms with Crippen LogP contribution in [0.25, 0.3) is 0 Å². The molecule has 1 aromatic rings. The first kappa shape index (κ1) is 13.4. The average Bonchev–Trinajstić information content (AvgIpc) is 2.33. The summed E-state index contributed by atoms with van der Waals surface area (Å²) in [6.07, 6.45) is 1.07. The molecule has 1 fully saturated rings. The Hall–Kier alpha value is -1.06. The lowest BCUT2D eigenvalue weighted by Gasteiger charge is -2.47. The second kappa shape index (κ2) is 5.29. The monoisotopic (exact) mass is 249 g/mol. The van der Waals surface area contributed by atoms with Gasteiger partial charge in [-0.2, -0.15) is 0 Å². The van der Waals surface area contributed by atoms with E-state index in [2.05, 4.69) is 26.0 Å². The zero-order valence-corrected chi connectivity index (χ0v) is 11.5. The van der Waals surface area contributed by atoms with Gasteiger partial charge in [-0.1, -0.05) is 31.0 Å². The van der Waals surface area contributed by atoms with Gasteiger partial charge in [0.05, 0.1) is 20.3 Å². The van der Waals surface area contributed by atoms with E-state index in [9.17, 15) is 0 Å². The van der Waals surface area contributed by atoms with Crippen molar-refractivity contribution in [3.8, 4) is 5.75 Å². The van der Waals surface area contributed by atoms with Gasteiger partial charge in [-0.05, 0) is 25.5 Å². The summed E-state index contributed by atoms with van der Waals surface area (Å²) in [7, 11) is 1.73. The second-order valence-electron chi connectivity index (χ2n) is 5.19. The molecule has 3 heteroatoms. The van der Waals surface area contributed by atoms with Crippen LogP contribution in [-0.2, 0) is 10.2 Å². The van der Waals surface area contributed by atoms with E-state index < -0.39 is 0 Å². The normalized spacial score (nSPS) is 19.1. The zero-order valence-electron chi connectivity index (χ0n) is 11.5. The smallest absolute Gasteiger partial charge is 0.122 e. The highest BCUT2D eigenvalue weighted by atomic mass is 16.5. The molecule has 0 bridgehead atoms. The van der Waals surface area contributed by atoms with Crippen LogP contribution in [-0.4, -0.2) is 26.9 Å². The Morgan fingerprint density at radius 2 is 2.17 bits per heavy atom. The minimum atomic E-state index is 0.0425. The fourth-order valence-electron chi connectivity index (χ4n) is 2.93. The summed E-state index contributed by atoms with van der Waals surface area (Å²) in [5, 5.41) is 0. The lowest BCUT2D eigenvalue weighted by Crippen LogP contribution is -2.54. The Balaban J connectivity index is 2.46. The molecule has 0 spiro atoms. The number of nitrogens with two attached hydrogens (primary N) is 1. The van der Waals surface area contributed by atoms with Crippen LogP contribution in [0.3, 0.4) is 0 Å². The molecule has 18 heavy (non-hydrogen) atoms. The summed E-state index contributed by atoms with van der Waals surface area (Å²) >= 11 is 0. The van der Waals surface area contributed by atoms with Gasteiger partial charge in [-0.15, -0.1) is 0 Å². The lowest BCUT2D eigenvalue weighted by atomic mass is 9.67. The molecule has 1 saturated heterocycles. The third kappa shape index (κ3) is 2.02. The summed E-state index contributed by atoms with van der Waals surface area (Å²) < 4.78 is 11.0. The van der Waals surface area contributed by atoms with Gasteiger partial charge >= 0.3 is 0 Å². The summed E-state index contributed by atoms with van der Waals surface area (Å²) in [6.45, 7) is 6.50. The van der Waals surface area contributed by atoms with E-state index in [1.54, 1.807) is 7.11 Å². The van der Waals surface area contributed by atoms with E-state index in [0.29, 0.717) is 12.5 Å². The van der Waals surface area contributed by atoms with E-state index in [1.807, 2.05) is 6.07 Å². The highest BCUT2D eigenvalue weighted by Crippen LogP contribution is 2.44. The molecule has 0 saturated carbocycles. The molecule has 0 radical (unpaired) electrons. The van der Waals surface area contributed by atoms with Crippen molar-refractivity contribution in [1.82, 2.24) is 0 Å². The predicted molar refractivity (Wildman–Crippen MR) is 73.1 cm³/mol. The Morgan fingerprint density at radius 3 is 2.61 bits per heavy atom. The number of hydrogen-bond acceptors (Lipinski definition) is 3. The van der Waals surface area contributed by atoms with Gasteiger partial charge in [-0.3, -0.25) is 0 Å². The minimum absolute atomic E-state index is 0.0425. The number of hydrogen-bond donors (Lipinski definition) is 1. The third-order valence-electron chi connectivity index (χ3n) is 4.17. The van der Waals surface area contributed by atoms with Crippen molar-refractivity contribution in [3.05, 3.63) is 29.3 Å². The largest absolute Gasteiger partial charge is 0.496 e. The SMILES string of the molecule is CCC(CN)C1(c2cc(C)ccc2OC)COC1. The highest BCUT2D eigenvalue weighted by Gasteiger charge is 2.47. The van der Waals surface area contributed by atoms with E-state index in [-0.39, 0.29) is 5.41 Å². The molecule has 0 amide bonds. The van der Waals surface area contributed by atoms with E-state index in [1.165, 1.54) is 11.1 Å². The maximum atomic E-state index is 5.95. The number of benzene rings is 1. The van der Waals surface area contributed by atoms with Crippen LogP contribution in [0.2, 0.25) is 0 Å². The first-order chi connectivity index (χ1) is 8.67. The molecule has 1 aliphatic rings. The maximum Gasteiger partial charge on any atom is 0.122 e. The molecule has 1 unspecified atom stereocenters. The van der Waals surface area contributed by atoms with Crippen LogP contribution in [0.4, 0.5) is 0 Å². The summed E-state index contributed by atoms with van der Waals surface area (Å²) in [5.74, 6) is 1.40. The van der Waals surface area contributed by atoms with Crippen molar-refractivity contribution in [2.75, 3.05) is 26.9 Å². The van der Waals surface area contributed by atoms with Gasteiger partial charge in [-0.25, -0.2) is 0 Å². The molecule has 2 rings (SSSR count). The van der Waals surface area contributed by atoms with E-state index in [0.717, 1.165) is 25.4 Å². The maximum absolute atomic E-state index is 5.95. The van der Waals surface area contributed by atoms with Crippen molar-refractivity contribution >= 4 is 0 Å². The quantitative estimate of drug-likeness (QED) is 0.870. The standard InChI is InChI=1S/C15H23NO2/c1-4-12(8-16)15(9-18-10-15)13-7-11(2)5-6-14(13)17-3/h5-7,12H,4,8-10,16H2,1-3H3. The fraction of sp³-hybridized carbons (Fsp3) is 0.600. The van der Waals surface area contributed by atoms with Crippen molar-refractivity contribution in [2.24, 2.45) is 11.7 Å². The van der Waals surface area contributed by atoms with Gasteiger partial charge in [0, 0.05) is 11.0 Å². The van der Waals surface area contributed by atoms with Crippen LogP contribution >= 0.6 is 0 Å². The van der Waals surface area contributed by atoms with Crippen LogP contribution < -0.4 is 10.5 Å². The lowest BCUT2D eigenvalue weighted by molar-refractivity contribution is -0.0906. The Morgan fingerprint density at radius 1 is 1.44 bits per heavy atom. The second-order valence-corrected chi connectivity index (χ2v) is 5.19. The molecule has 1 aromatic carbocycles. The van der Waals surface area contributed by atoms with Crippen LogP contribution in [0, 0.1) is 12.8 Å². The first-order valence-electron chi connectivity index (χ1n) is 6.61. The van der Waals surface area contributed by atoms with E-state index >= 15 is 0 Å². The molecular formula is C15H23NO2. The molecular weight excluding hydrogens is 226 g/mol. The fourth-order valence-corrected chi connectivity index (χ4v) is 2.93.